The van der Waals surface area contributed by atoms with Crippen LogP contribution in [0.25, 0.3) is 0 Å². The van der Waals surface area contributed by atoms with Crippen LogP contribution in [0.15, 0.2) is 24.3 Å². The molecule has 0 spiro atoms. The second kappa shape index (κ2) is 6.48. The third kappa shape index (κ3) is 3.56. The second-order valence-electron chi connectivity index (χ2n) is 6.08. The SMILES string of the molecule is CCN(CCNC(=O)CC1CNc2ccccc21)C1CC1. The van der Waals surface area contributed by atoms with E-state index in [2.05, 4.69) is 34.6 Å². The van der Waals surface area contributed by atoms with E-state index in [-0.39, 0.29) is 5.91 Å². The Bertz CT molecular complexity index is 499. The van der Waals surface area contributed by atoms with E-state index in [0.29, 0.717) is 12.3 Å². The molecule has 1 atom stereocenters. The fourth-order valence-electron chi connectivity index (χ4n) is 3.21. The lowest BCUT2D eigenvalue weighted by Gasteiger charge is -2.20. The van der Waals surface area contributed by atoms with Crippen LogP contribution in [0.1, 0.15) is 37.7 Å². The van der Waals surface area contributed by atoms with Crippen molar-refractivity contribution in [3.8, 4) is 0 Å². The summed E-state index contributed by atoms with van der Waals surface area (Å²) >= 11 is 0. The van der Waals surface area contributed by atoms with Crippen molar-refractivity contribution in [3.63, 3.8) is 0 Å². The maximum absolute atomic E-state index is 12.1. The van der Waals surface area contributed by atoms with E-state index in [1.54, 1.807) is 0 Å². The predicted octanol–water partition coefficient (Wildman–Crippen LogP) is 2.19. The quantitative estimate of drug-likeness (QED) is 0.808. The lowest BCUT2D eigenvalue weighted by Crippen LogP contribution is -2.36. The van der Waals surface area contributed by atoms with Gasteiger partial charge in [-0.15, -0.1) is 0 Å². The van der Waals surface area contributed by atoms with Crippen LogP contribution in [-0.4, -0.2) is 43.0 Å². The highest BCUT2D eigenvalue weighted by atomic mass is 16.1. The van der Waals surface area contributed by atoms with Crippen molar-refractivity contribution in [3.05, 3.63) is 29.8 Å². The smallest absolute Gasteiger partial charge is 0.220 e. The lowest BCUT2D eigenvalue weighted by molar-refractivity contribution is -0.121. The summed E-state index contributed by atoms with van der Waals surface area (Å²) in [5.41, 5.74) is 2.46. The molecule has 1 aliphatic carbocycles. The van der Waals surface area contributed by atoms with Crippen molar-refractivity contribution in [1.29, 1.82) is 0 Å². The van der Waals surface area contributed by atoms with Gasteiger partial charge < -0.3 is 10.6 Å². The van der Waals surface area contributed by atoms with E-state index in [0.717, 1.165) is 32.2 Å². The maximum atomic E-state index is 12.1. The number of hydrogen-bond acceptors (Lipinski definition) is 3. The highest BCUT2D eigenvalue weighted by Crippen LogP contribution is 2.33. The number of carbonyl (C=O) groups is 1. The van der Waals surface area contributed by atoms with Crippen LogP contribution in [0, 0.1) is 0 Å². The first-order valence-electron chi connectivity index (χ1n) is 8.11. The number of rotatable bonds is 7. The number of hydrogen-bond donors (Lipinski definition) is 2. The van der Waals surface area contributed by atoms with E-state index in [4.69, 9.17) is 0 Å². The van der Waals surface area contributed by atoms with Crippen LogP contribution in [0.4, 0.5) is 5.69 Å². The molecule has 0 saturated heterocycles. The first-order valence-corrected chi connectivity index (χ1v) is 8.11. The van der Waals surface area contributed by atoms with Gasteiger partial charge in [0.15, 0.2) is 0 Å². The summed E-state index contributed by atoms with van der Waals surface area (Å²) in [5, 5.41) is 6.45. The van der Waals surface area contributed by atoms with Gasteiger partial charge in [-0.3, -0.25) is 9.69 Å². The number of para-hydroxylation sites is 1. The Morgan fingerprint density at radius 2 is 2.19 bits per heavy atom. The van der Waals surface area contributed by atoms with Gasteiger partial charge in [0.1, 0.15) is 0 Å². The number of carbonyl (C=O) groups excluding carboxylic acids is 1. The van der Waals surface area contributed by atoms with E-state index in [1.165, 1.54) is 24.1 Å². The number of likely N-dealkylation sites (N-methyl/N-ethyl adjacent to an activating group) is 1. The first kappa shape index (κ1) is 14.4. The van der Waals surface area contributed by atoms with Crippen LogP contribution in [0.5, 0.6) is 0 Å². The highest BCUT2D eigenvalue weighted by molar-refractivity contribution is 5.78. The molecule has 2 N–H and O–H groups in total. The standard InChI is InChI=1S/C17H25N3O/c1-2-20(14-7-8-14)10-9-18-17(21)11-13-12-19-16-6-4-3-5-15(13)16/h3-6,13-14,19H,2,7-12H2,1H3,(H,18,21). The Kier molecular flexibility index (Phi) is 4.44. The number of nitrogens with zero attached hydrogens (tertiary/aromatic N) is 1. The van der Waals surface area contributed by atoms with E-state index < -0.39 is 0 Å². The lowest BCUT2D eigenvalue weighted by atomic mass is 9.97. The van der Waals surface area contributed by atoms with Gasteiger partial charge in [-0.1, -0.05) is 25.1 Å². The summed E-state index contributed by atoms with van der Waals surface area (Å²) in [6.07, 6.45) is 3.23. The summed E-state index contributed by atoms with van der Waals surface area (Å²) in [4.78, 5) is 14.6. The average Bonchev–Trinajstić information content (AvgIpc) is 3.26. The Labute approximate surface area is 126 Å². The summed E-state index contributed by atoms with van der Waals surface area (Å²) in [7, 11) is 0. The van der Waals surface area contributed by atoms with E-state index in [9.17, 15) is 4.79 Å². The topological polar surface area (TPSA) is 44.4 Å². The molecule has 4 heteroatoms. The zero-order chi connectivity index (χ0) is 14.7. The summed E-state index contributed by atoms with van der Waals surface area (Å²) in [6.45, 7) is 5.90. The van der Waals surface area contributed by atoms with Crippen LogP contribution < -0.4 is 10.6 Å². The van der Waals surface area contributed by atoms with Gasteiger partial charge in [0, 0.05) is 43.7 Å². The van der Waals surface area contributed by atoms with Gasteiger partial charge in [-0.2, -0.15) is 0 Å². The molecule has 1 heterocycles. The van der Waals surface area contributed by atoms with E-state index >= 15 is 0 Å². The molecule has 0 bridgehead atoms. The Hall–Kier alpha value is -1.55. The molecule has 0 radical (unpaired) electrons. The van der Waals surface area contributed by atoms with Gasteiger partial charge in [-0.05, 0) is 31.0 Å². The van der Waals surface area contributed by atoms with Crippen molar-refractivity contribution in [2.45, 2.75) is 38.1 Å². The molecule has 4 nitrogen and oxygen atoms in total. The van der Waals surface area contributed by atoms with Gasteiger partial charge in [-0.25, -0.2) is 0 Å². The zero-order valence-electron chi connectivity index (χ0n) is 12.8. The summed E-state index contributed by atoms with van der Waals surface area (Å²) in [5.74, 6) is 0.484. The van der Waals surface area contributed by atoms with Gasteiger partial charge in [0.2, 0.25) is 5.91 Å². The van der Waals surface area contributed by atoms with Crippen LogP contribution in [0.2, 0.25) is 0 Å². The molecule has 21 heavy (non-hydrogen) atoms. The van der Waals surface area contributed by atoms with Gasteiger partial charge in [0.05, 0.1) is 0 Å². The molecule has 114 valence electrons. The Morgan fingerprint density at radius 3 is 2.95 bits per heavy atom. The fraction of sp³-hybridized carbons (Fsp3) is 0.588. The number of amides is 1. The van der Waals surface area contributed by atoms with Gasteiger partial charge in [0.25, 0.3) is 0 Å². The summed E-state index contributed by atoms with van der Waals surface area (Å²) in [6, 6.07) is 9.07. The Balaban J connectivity index is 1.42. The van der Waals surface area contributed by atoms with E-state index in [1.807, 2.05) is 12.1 Å². The maximum Gasteiger partial charge on any atom is 0.220 e. The predicted molar refractivity (Wildman–Crippen MR) is 85.6 cm³/mol. The largest absolute Gasteiger partial charge is 0.384 e. The molecule has 1 amide bonds. The molecule has 1 aromatic carbocycles. The normalized spacial score (nSPS) is 20.2. The number of benzene rings is 1. The first-order chi connectivity index (χ1) is 10.3. The average molecular weight is 287 g/mol. The van der Waals surface area contributed by atoms with Crippen molar-refractivity contribution < 1.29 is 4.79 Å². The molecule has 3 rings (SSSR count). The van der Waals surface area contributed by atoms with Gasteiger partial charge >= 0.3 is 0 Å². The van der Waals surface area contributed by atoms with Crippen LogP contribution in [0.3, 0.4) is 0 Å². The highest BCUT2D eigenvalue weighted by Gasteiger charge is 2.27. The molecule has 1 fully saturated rings. The van der Waals surface area contributed by atoms with Crippen LogP contribution >= 0.6 is 0 Å². The second-order valence-corrected chi connectivity index (χ2v) is 6.08. The number of fused-ring (bicyclic) bond motifs is 1. The molecule has 1 aliphatic heterocycles. The van der Waals surface area contributed by atoms with Crippen molar-refractivity contribution in [1.82, 2.24) is 10.2 Å². The molecule has 1 saturated carbocycles. The monoisotopic (exact) mass is 287 g/mol. The number of nitrogens with one attached hydrogen (secondary N) is 2. The Morgan fingerprint density at radius 1 is 1.38 bits per heavy atom. The third-order valence-corrected chi connectivity index (χ3v) is 4.56. The molecule has 0 aromatic heterocycles. The number of anilines is 1. The minimum absolute atomic E-state index is 0.172. The van der Waals surface area contributed by atoms with Crippen molar-refractivity contribution in [2.75, 3.05) is 31.5 Å². The molecule has 1 aromatic rings. The van der Waals surface area contributed by atoms with Crippen molar-refractivity contribution in [2.24, 2.45) is 0 Å². The minimum Gasteiger partial charge on any atom is -0.384 e. The molecule has 1 unspecified atom stereocenters. The minimum atomic E-state index is 0.172. The molecular formula is C17H25N3O. The molecular weight excluding hydrogens is 262 g/mol. The zero-order valence-corrected chi connectivity index (χ0v) is 12.8. The third-order valence-electron chi connectivity index (χ3n) is 4.56. The van der Waals surface area contributed by atoms with Crippen LogP contribution in [-0.2, 0) is 4.79 Å². The fourth-order valence-corrected chi connectivity index (χ4v) is 3.21. The molecule has 2 aliphatic rings. The van der Waals surface area contributed by atoms with Crippen molar-refractivity contribution >= 4 is 11.6 Å². The summed E-state index contributed by atoms with van der Waals surface area (Å²) < 4.78 is 0.